The van der Waals surface area contributed by atoms with Crippen molar-refractivity contribution >= 4 is 21.6 Å². The monoisotopic (exact) mass is 302 g/mol. The van der Waals surface area contributed by atoms with Gasteiger partial charge in [-0.1, -0.05) is 34.1 Å². The summed E-state index contributed by atoms with van der Waals surface area (Å²) >= 11 is 3.53. The minimum Gasteiger partial charge on any atom is -0.399 e. The predicted molar refractivity (Wildman–Crippen MR) is 77.9 cm³/mol. The van der Waals surface area contributed by atoms with E-state index in [1.165, 1.54) is 16.7 Å². The van der Waals surface area contributed by atoms with E-state index < -0.39 is 0 Å². The molecule has 2 N–H and O–H groups in total. The summed E-state index contributed by atoms with van der Waals surface area (Å²) in [4.78, 5) is 2.45. The third kappa shape index (κ3) is 2.42. The summed E-state index contributed by atoms with van der Waals surface area (Å²) in [5.74, 6) is 0. The van der Waals surface area contributed by atoms with Gasteiger partial charge in [-0.3, -0.25) is 4.90 Å². The van der Waals surface area contributed by atoms with Crippen molar-refractivity contribution in [3.63, 3.8) is 0 Å². The molecular formula is C15H15BrN2. The number of nitrogen functional groups attached to an aromatic ring is 1. The Morgan fingerprint density at radius 2 is 1.72 bits per heavy atom. The second kappa shape index (κ2) is 4.75. The fourth-order valence-corrected chi connectivity index (χ4v) is 2.84. The van der Waals surface area contributed by atoms with Crippen LogP contribution >= 0.6 is 15.9 Å². The summed E-state index contributed by atoms with van der Waals surface area (Å²) in [5, 5.41) is 0. The van der Waals surface area contributed by atoms with Crippen LogP contribution < -0.4 is 5.73 Å². The highest BCUT2D eigenvalue weighted by atomic mass is 79.9. The maximum atomic E-state index is 5.70. The van der Waals surface area contributed by atoms with Crippen LogP contribution in [-0.4, -0.2) is 4.90 Å². The van der Waals surface area contributed by atoms with Crippen molar-refractivity contribution in [1.29, 1.82) is 0 Å². The number of benzene rings is 2. The van der Waals surface area contributed by atoms with Gasteiger partial charge in [0.25, 0.3) is 0 Å². The molecule has 18 heavy (non-hydrogen) atoms. The van der Waals surface area contributed by atoms with Gasteiger partial charge in [0, 0.05) is 29.8 Å². The molecular weight excluding hydrogens is 288 g/mol. The predicted octanol–water partition coefficient (Wildman–Crippen LogP) is 3.55. The zero-order valence-corrected chi connectivity index (χ0v) is 11.7. The molecule has 1 aliphatic heterocycles. The van der Waals surface area contributed by atoms with Crippen molar-refractivity contribution in [3.05, 3.63) is 63.6 Å². The number of rotatable bonds is 2. The van der Waals surface area contributed by atoms with Gasteiger partial charge >= 0.3 is 0 Å². The van der Waals surface area contributed by atoms with Crippen molar-refractivity contribution in [2.75, 3.05) is 5.73 Å². The fourth-order valence-electron chi connectivity index (χ4n) is 2.43. The third-order valence-electron chi connectivity index (χ3n) is 3.34. The summed E-state index contributed by atoms with van der Waals surface area (Å²) in [5.41, 5.74) is 10.7. The molecule has 2 nitrogen and oxygen atoms in total. The van der Waals surface area contributed by atoms with Crippen LogP contribution in [-0.2, 0) is 19.6 Å². The van der Waals surface area contributed by atoms with E-state index in [-0.39, 0.29) is 0 Å². The van der Waals surface area contributed by atoms with E-state index in [4.69, 9.17) is 5.73 Å². The van der Waals surface area contributed by atoms with Gasteiger partial charge in [0.05, 0.1) is 0 Å². The highest BCUT2D eigenvalue weighted by molar-refractivity contribution is 9.10. The molecule has 0 fully saturated rings. The molecule has 1 heterocycles. The van der Waals surface area contributed by atoms with Crippen molar-refractivity contribution in [2.45, 2.75) is 19.6 Å². The quantitative estimate of drug-likeness (QED) is 0.860. The van der Waals surface area contributed by atoms with Gasteiger partial charge in [0.1, 0.15) is 0 Å². The molecule has 2 aromatic carbocycles. The number of fused-ring (bicyclic) bond motifs is 1. The average molecular weight is 303 g/mol. The Morgan fingerprint density at radius 1 is 1.00 bits per heavy atom. The zero-order valence-electron chi connectivity index (χ0n) is 10.1. The molecule has 92 valence electrons. The summed E-state index contributed by atoms with van der Waals surface area (Å²) in [6.45, 7) is 3.04. The number of nitrogens with two attached hydrogens (primary N) is 1. The van der Waals surface area contributed by atoms with Gasteiger partial charge in [-0.05, 0) is 41.0 Å². The fraction of sp³-hybridized carbons (Fsp3) is 0.200. The number of nitrogens with zero attached hydrogens (tertiary/aromatic N) is 1. The van der Waals surface area contributed by atoms with E-state index in [1.807, 2.05) is 12.1 Å². The highest BCUT2D eigenvalue weighted by Crippen LogP contribution is 2.27. The molecule has 3 rings (SSSR count). The molecule has 0 saturated carbocycles. The molecule has 0 atom stereocenters. The van der Waals surface area contributed by atoms with Gasteiger partial charge in [-0.15, -0.1) is 0 Å². The Kier molecular flexibility index (Phi) is 3.10. The summed E-state index contributed by atoms with van der Waals surface area (Å²) < 4.78 is 1.16. The Bertz CT molecular complexity index is 563. The van der Waals surface area contributed by atoms with Gasteiger partial charge in [-0.2, -0.15) is 0 Å². The van der Waals surface area contributed by atoms with Crippen molar-refractivity contribution in [1.82, 2.24) is 4.90 Å². The third-order valence-corrected chi connectivity index (χ3v) is 3.84. The largest absolute Gasteiger partial charge is 0.399 e. The van der Waals surface area contributed by atoms with Gasteiger partial charge in [0.2, 0.25) is 0 Å². The molecule has 0 spiro atoms. The Balaban J connectivity index is 1.72. The van der Waals surface area contributed by atoms with Crippen LogP contribution in [0.15, 0.2) is 46.9 Å². The standard InChI is InChI=1S/C15H15BrN2/c16-14-4-3-12-9-18(10-13(12)7-14)8-11-1-5-15(17)6-2-11/h1-7H,8-10,17H2. The van der Waals surface area contributed by atoms with Crippen LogP contribution in [0.3, 0.4) is 0 Å². The zero-order chi connectivity index (χ0) is 12.5. The van der Waals surface area contributed by atoms with Crippen molar-refractivity contribution in [2.24, 2.45) is 0 Å². The first-order valence-corrected chi connectivity index (χ1v) is 6.84. The first-order chi connectivity index (χ1) is 8.70. The topological polar surface area (TPSA) is 29.3 Å². The number of hydrogen-bond acceptors (Lipinski definition) is 2. The van der Waals surface area contributed by atoms with Crippen LogP contribution in [0, 0.1) is 0 Å². The lowest BCUT2D eigenvalue weighted by molar-refractivity contribution is 0.275. The van der Waals surface area contributed by atoms with Crippen LogP contribution in [0.5, 0.6) is 0 Å². The van der Waals surface area contributed by atoms with Gasteiger partial charge < -0.3 is 5.73 Å². The SMILES string of the molecule is Nc1ccc(CN2Cc3ccc(Br)cc3C2)cc1. The highest BCUT2D eigenvalue weighted by Gasteiger charge is 2.18. The Hall–Kier alpha value is -1.32. The van der Waals surface area contributed by atoms with Crippen LogP contribution in [0.25, 0.3) is 0 Å². The molecule has 0 amide bonds. The molecule has 3 heteroatoms. The lowest BCUT2D eigenvalue weighted by Gasteiger charge is -2.14. The molecule has 0 aliphatic carbocycles. The van der Waals surface area contributed by atoms with E-state index in [0.717, 1.165) is 29.8 Å². The smallest absolute Gasteiger partial charge is 0.0314 e. The van der Waals surface area contributed by atoms with Crippen molar-refractivity contribution in [3.8, 4) is 0 Å². The Labute approximate surface area is 116 Å². The second-order valence-corrected chi connectivity index (χ2v) is 5.72. The number of hydrogen-bond donors (Lipinski definition) is 1. The minimum absolute atomic E-state index is 0.826. The summed E-state index contributed by atoms with van der Waals surface area (Å²) in [6, 6.07) is 14.7. The number of halogens is 1. The first kappa shape index (κ1) is 11.8. The molecule has 0 radical (unpaired) electrons. The number of anilines is 1. The lowest BCUT2D eigenvalue weighted by Crippen LogP contribution is -2.15. The average Bonchev–Trinajstić information content (AvgIpc) is 2.73. The minimum atomic E-state index is 0.826. The lowest BCUT2D eigenvalue weighted by atomic mass is 10.1. The molecule has 2 aromatic rings. The van der Waals surface area contributed by atoms with Crippen LogP contribution in [0.2, 0.25) is 0 Å². The van der Waals surface area contributed by atoms with E-state index >= 15 is 0 Å². The molecule has 0 saturated heterocycles. The summed E-state index contributed by atoms with van der Waals surface area (Å²) in [7, 11) is 0. The maximum Gasteiger partial charge on any atom is 0.0314 e. The van der Waals surface area contributed by atoms with E-state index in [0.29, 0.717) is 0 Å². The molecule has 1 aliphatic rings. The maximum absolute atomic E-state index is 5.70. The van der Waals surface area contributed by atoms with E-state index in [1.54, 1.807) is 0 Å². The molecule has 0 bridgehead atoms. The summed E-state index contributed by atoms with van der Waals surface area (Å²) in [6.07, 6.45) is 0. The van der Waals surface area contributed by atoms with E-state index in [2.05, 4.69) is 51.2 Å². The van der Waals surface area contributed by atoms with E-state index in [9.17, 15) is 0 Å². The molecule has 0 unspecified atom stereocenters. The van der Waals surface area contributed by atoms with Crippen LogP contribution in [0.1, 0.15) is 16.7 Å². The molecule has 0 aromatic heterocycles. The van der Waals surface area contributed by atoms with Gasteiger partial charge in [-0.25, -0.2) is 0 Å². The van der Waals surface area contributed by atoms with Crippen LogP contribution in [0.4, 0.5) is 5.69 Å². The first-order valence-electron chi connectivity index (χ1n) is 6.05. The van der Waals surface area contributed by atoms with Gasteiger partial charge in [0.15, 0.2) is 0 Å². The van der Waals surface area contributed by atoms with Crippen molar-refractivity contribution < 1.29 is 0 Å². The normalized spacial score (nSPS) is 14.7. The Morgan fingerprint density at radius 3 is 2.50 bits per heavy atom. The second-order valence-electron chi connectivity index (χ2n) is 4.80.